The molecule has 146 valence electrons. The molecule has 2 atom stereocenters. The molecule has 3 rings (SSSR count). The van der Waals surface area contributed by atoms with Gasteiger partial charge in [-0.25, -0.2) is 4.79 Å². The second kappa shape index (κ2) is 8.04. The van der Waals surface area contributed by atoms with Crippen molar-refractivity contribution < 1.29 is 23.9 Å². The van der Waals surface area contributed by atoms with Crippen molar-refractivity contribution >= 4 is 23.0 Å². The topological polar surface area (TPSA) is 92.5 Å². The van der Waals surface area contributed by atoms with E-state index in [4.69, 9.17) is 14.3 Å². The minimum atomic E-state index is -0.482. The zero-order valence-corrected chi connectivity index (χ0v) is 15.9. The first kappa shape index (κ1) is 19.3. The monoisotopic (exact) mass is 375 g/mol. The molecular weight excluding hydrogens is 350 g/mol. The molecule has 0 N–H and O–H groups in total. The molecule has 0 saturated carbocycles. The van der Waals surface area contributed by atoms with Gasteiger partial charge in [0.1, 0.15) is 16.6 Å². The maximum atomic E-state index is 12.2. The Morgan fingerprint density at radius 1 is 1.19 bits per heavy atom. The van der Waals surface area contributed by atoms with Crippen molar-refractivity contribution in [1.82, 2.24) is 15.2 Å². The SMILES string of the molecule is CC(C)(C)OC(=O)C[C@@H]1CC[C@@H](CC(=O)On2nnc3ccccc32)OC1. The highest BCUT2D eigenvalue weighted by Crippen LogP contribution is 2.24. The summed E-state index contributed by atoms with van der Waals surface area (Å²) in [6, 6.07) is 7.24. The van der Waals surface area contributed by atoms with E-state index in [1.807, 2.05) is 32.9 Å². The number of carbonyl (C=O) groups is 2. The van der Waals surface area contributed by atoms with Crippen LogP contribution in [0, 0.1) is 5.92 Å². The van der Waals surface area contributed by atoms with Gasteiger partial charge in [0.25, 0.3) is 0 Å². The summed E-state index contributed by atoms with van der Waals surface area (Å²) >= 11 is 0. The number of esters is 1. The van der Waals surface area contributed by atoms with Gasteiger partial charge >= 0.3 is 11.9 Å². The number of nitrogens with zero attached hydrogens (tertiary/aromatic N) is 3. The first-order chi connectivity index (χ1) is 12.8. The predicted octanol–water partition coefficient (Wildman–Crippen LogP) is 2.30. The lowest BCUT2D eigenvalue weighted by molar-refractivity contribution is -0.159. The van der Waals surface area contributed by atoms with Crippen LogP contribution in [0.25, 0.3) is 11.0 Å². The summed E-state index contributed by atoms with van der Waals surface area (Å²) in [6.45, 7) is 5.98. The molecule has 0 unspecified atom stereocenters. The molecule has 0 bridgehead atoms. The average Bonchev–Trinajstić information content (AvgIpc) is 2.98. The van der Waals surface area contributed by atoms with Gasteiger partial charge in [0.15, 0.2) is 0 Å². The number of rotatable bonds is 5. The fourth-order valence-electron chi connectivity index (χ4n) is 3.04. The Kier molecular flexibility index (Phi) is 5.74. The molecule has 1 aromatic carbocycles. The molecule has 0 spiro atoms. The van der Waals surface area contributed by atoms with Gasteiger partial charge in [-0.05, 0) is 56.9 Å². The molecule has 0 amide bonds. The third kappa shape index (κ3) is 5.50. The van der Waals surface area contributed by atoms with E-state index >= 15 is 0 Å². The third-order valence-electron chi connectivity index (χ3n) is 4.24. The zero-order valence-electron chi connectivity index (χ0n) is 15.9. The van der Waals surface area contributed by atoms with Gasteiger partial charge in [0.2, 0.25) is 0 Å². The number of ether oxygens (including phenoxy) is 2. The van der Waals surface area contributed by atoms with Crippen LogP contribution < -0.4 is 4.84 Å². The standard InChI is InChI=1S/C19H25N3O5/c1-19(2,3)26-17(23)10-13-8-9-14(25-12-13)11-18(24)27-22-16-7-5-4-6-15(16)20-21-22/h4-7,13-14H,8-12H2,1-3H3/t13-,14-/m0/s1. The third-order valence-corrected chi connectivity index (χ3v) is 4.24. The molecule has 1 aliphatic rings. The van der Waals surface area contributed by atoms with Crippen molar-refractivity contribution in [3.63, 3.8) is 0 Å². The predicted molar refractivity (Wildman–Crippen MR) is 96.7 cm³/mol. The summed E-state index contributed by atoms with van der Waals surface area (Å²) in [5, 5.41) is 7.78. The van der Waals surface area contributed by atoms with E-state index in [0.29, 0.717) is 30.5 Å². The van der Waals surface area contributed by atoms with Gasteiger partial charge in [-0.15, -0.1) is 5.10 Å². The van der Waals surface area contributed by atoms with Crippen LogP contribution in [0.15, 0.2) is 24.3 Å². The summed E-state index contributed by atoms with van der Waals surface area (Å²) in [6.07, 6.45) is 1.75. The largest absolute Gasteiger partial charge is 0.460 e. The molecule has 2 heterocycles. The zero-order chi connectivity index (χ0) is 19.4. The summed E-state index contributed by atoms with van der Waals surface area (Å²) in [7, 11) is 0. The highest BCUT2D eigenvalue weighted by molar-refractivity contribution is 5.75. The lowest BCUT2D eigenvalue weighted by atomic mass is 9.94. The lowest BCUT2D eigenvalue weighted by Gasteiger charge is -2.29. The Labute approximate surface area is 157 Å². The number of hydrogen-bond acceptors (Lipinski definition) is 7. The van der Waals surface area contributed by atoms with E-state index in [1.165, 1.54) is 0 Å². The van der Waals surface area contributed by atoms with E-state index in [0.717, 1.165) is 11.3 Å². The molecule has 0 radical (unpaired) electrons. The van der Waals surface area contributed by atoms with E-state index in [2.05, 4.69) is 10.3 Å². The van der Waals surface area contributed by atoms with Gasteiger partial charge < -0.3 is 14.3 Å². The Balaban J connectivity index is 1.44. The molecule has 27 heavy (non-hydrogen) atoms. The van der Waals surface area contributed by atoms with Gasteiger partial charge in [0.05, 0.1) is 25.6 Å². The molecule has 0 aliphatic carbocycles. The number of benzene rings is 1. The van der Waals surface area contributed by atoms with Gasteiger partial charge in [-0.2, -0.15) is 0 Å². The van der Waals surface area contributed by atoms with Crippen LogP contribution in [0.1, 0.15) is 46.5 Å². The van der Waals surface area contributed by atoms with Crippen LogP contribution >= 0.6 is 0 Å². The Morgan fingerprint density at radius 3 is 2.67 bits per heavy atom. The molecule has 2 aromatic rings. The first-order valence-electron chi connectivity index (χ1n) is 9.15. The van der Waals surface area contributed by atoms with Crippen molar-refractivity contribution in [1.29, 1.82) is 0 Å². The maximum absolute atomic E-state index is 12.2. The molecule has 8 nitrogen and oxygen atoms in total. The van der Waals surface area contributed by atoms with Crippen molar-refractivity contribution in [2.75, 3.05) is 6.61 Å². The van der Waals surface area contributed by atoms with E-state index in [9.17, 15) is 9.59 Å². The van der Waals surface area contributed by atoms with Crippen molar-refractivity contribution in [2.24, 2.45) is 5.92 Å². The summed E-state index contributed by atoms with van der Waals surface area (Å²) in [5.41, 5.74) is 0.807. The quantitative estimate of drug-likeness (QED) is 0.585. The van der Waals surface area contributed by atoms with E-state index in [-0.39, 0.29) is 24.4 Å². The summed E-state index contributed by atoms with van der Waals surface area (Å²) < 4.78 is 11.1. The number of hydrogen-bond donors (Lipinski definition) is 0. The molecule has 1 aliphatic heterocycles. The Bertz CT molecular complexity index is 803. The van der Waals surface area contributed by atoms with E-state index in [1.54, 1.807) is 12.1 Å². The van der Waals surface area contributed by atoms with Gasteiger partial charge in [0, 0.05) is 0 Å². The lowest BCUT2D eigenvalue weighted by Crippen LogP contribution is -2.33. The summed E-state index contributed by atoms with van der Waals surface area (Å²) in [5.74, 6) is -0.528. The van der Waals surface area contributed by atoms with Gasteiger partial charge in [-0.1, -0.05) is 17.0 Å². The number of fused-ring (bicyclic) bond motifs is 1. The van der Waals surface area contributed by atoms with Crippen LogP contribution in [0.5, 0.6) is 0 Å². The molecule has 8 heteroatoms. The smallest absolute Gasteiger partial charge is 0.337 e. The minimum absolute atomic E-state index is 0.117. The molecule has 1 saturated heterocycles. The van der Waals surface area contributed by atoms with Crippen LogP contribution in [-0.2, 0) is 19.1 Å². The van der Waals surface area contributed by atoms with Crippen LogP contribution in [0.2, 0.25) is 0 Å². The molecule has 1 aromatic heterocycles. The first-order valence-corrected chi connectivity index (χ1v) is 9.15. The van der Waals surface area contributed by atoms with Crippen molar-refractivity contribution in [2.45, 2.75) is 58.2 Å². The number of carbonyl (C=O) groups excluding carboxylic acids is 2. The normalized spacial score (nSPS) is 20.4. The molecular formula is C19H25N3O5. The van der Waals surface area contributed by atoms with E-state index < -0.39 is 11.6 Å². The van der Waals surface area contributed by atoms with Crippen molar-refractivity contribution in [3.8, 4) is 0 Å². The highest BCUT2D eigenvalue weighted by Gasteiger charge is 2.28. The Hall–Kier alpha value is -2.48. The fourth-order valence-corrected chi connectivity index (χ4v) is 3.04. The number of para-hydroxylation sites is 1. The van der Waals surface area contributed by atoms with Crippen LogP contribution in [0.3, 0.4) is 0 Å². The second-order valence-electron chi connectivity index (χ2n) is 7.81. The van der Waals surface area contributed by atoms with Gasteiger partial charge in [-0.3, -0.25) is 4.79 Å². The highest BCUT2D eigenvalue weighted by atomic mass is 16.7. The Morgan fingerprint density at radius 2 is 1.96 bits per heavy atom. The van der Waals surface area contributed by atoms with Crippen molar-refractivity contribution in [3.05, 3.63) is 24.3 Å². The summed E-state index contributed by atoms with van der Waals surface area (Å²) in [4.78, 5) is 30.5. The maximum Gasteiger partial charge on any atom is 0.337 e. The fraction of sp³-hybridized carbons (Fsp3) is 0.579. The second-order valence-corrected chi connectivity index (χ2v) is 7.81. The van der Waals surface area contributed by atoms with Crippen LogP contribution in [0.4, 0.5) is 0 Å². The number of aromatic nitrogens is 3. The van der Waals surface area contributed by atoms with Crippen LogP contribution in [-0.4, -0.2) is 45.4 Å². The average molecular weight is 375 g/mol. The minimum Gasteiger partial charge on any atom is -0.460 e. The molecule has 1 fully saturated rings.